The number of amides is 1. The highest BCUT2D eigenvalue weighted by atomic mass is 35.5. The van der Waals surface area contributed by atoms with Crippen LogP contribution >= 0.6 is 12.4 Å². The predicted octanol–water partition coefficient (Wildman–Crippen LogP) is 5.95. The molecule has 0 aromatic heterocycles. The van der Waals surface area contributed by atoms with Gasteiger partial charge >= 0.3 is 0 Å². The summed E-state index contributed by atoms with van der Waals surface area (Å²) in [6, 6.07) is 14.6. The molecule has 1 amide bonds. The van der Waals surface area contributed by atoms with E-state index < -0.39 is 0 Å². The van der Waals surface area contributed by atoms with Gasteiger partial charge in [-0.1, -0.05) is 30.7 Å². The van der Waals surface area contributed by atoms with Crippen LogP contribution in [0.3, 0.4) is 0 Å². The number of carbonyl (C=O) groups excluding carboxylic acids is 1. The molecule has 2 fully saturated rings. The minimum Gasteiger partial charge on any atom is -0.491 e. The van der Waals surface area contributed by atoms with Gasteiger partial charge in [-0.05, 0) is 108 Å². The molecule has 2 aromatic carbocycles. The molecule has 0 radical (unpaired) electrons. The van der Waals surface area contributed by atoms with E-state index in [0.717, 1.165) is 49.4 Å². The van der Waals surface area contributed by atoms with Crippen molar-refractivity contribution in [2.75, 3.05) is 39.3 Å². The summed E-state index contributed by atoms with van der Waals surface area (Å²) in [7, 11) is 0. The van der Waals surface area contributed by atoms with Gasteiger partial charge < -0.3 is 19.4 Å². The second-order valence-electron chi connectivity index (χ2n) is 11.0. The molecule has 0 N–H and O–H groups in total. The average Bonchev–Trinajstić information content (AvgIpc) is 2.90. The van der Waals surface area contributed by atoms with E-state index in [-0.39, 0.29) is 36.3 Å². The fraction of sp³-hybridized carbons (Fsp3) is 0.581. The molecule has 4 rings (SSSR count). The van der Waals surface area contributed by atoms with E-state index in [2.05, 4.69) is 9.80 Å². The van der Waals surface area contributed by atoms with Gasteiger partial charge in [-0.15, -0.1) is 12.4 Å². The van der Waals surface area contributed by atoms with Crippen LogP contribution in [0.5, 0.6) is 5.75 Å². The molecule has 38 heavy (non-hydrogen) atoms. The van der Waals surface area contributed by atoms with Gasteiger partial charge in [0.15, 0.2) is 0 Å². The number of halogens is 2. The van der Waals surface area contributed by atoms with Crippen molar-refractivity contribution in [3.05, 3.63) is 65.5 Å². The van der Waals surface area contributed by atoms with Crippen LogP contribution in [-0.2, 0) is 17.8 Å². The lowest BCUT2D eigenvalue weighted by Gasteiger charge is -2.39. The highest BCUT2D eigenvalue weighted by molar-refractivity contribution is 5.85. The molecule has 0 aliphatic carbocycles. The number of benzene rings is 2. The average molecular weight is 546 g/mol. The molecule has 2 heterocycles. The first-order valence-electron chi connectivity index (χ1n) is 14.2. The molecule has 210 valence electrons. The van der Waals surface area contributed by atoms with Gasteiger partial charge in [0.05, 0.1) is 12.5 Å². The molecule has 2 aromatic rings. The maximum absolute atomic E-state index is 13.6. The summed E-state index contributed by atoms with van der Waals surface area (Å²) in [6.07, 6.45) is 7.75. The summed E-state index contributed by atoms with van der Waals surface area (Å²) in [5.74, 6) is 0.704. The number of carbonyl (C=O) groups is 1. The molecule has 2 aliphatic rings. The minimum absolute atomic E-state index is 0. The summed E-state index contributed by atoms with van der Waals surface area (Å²) in [5, 5.41) is 0. The fourth-order valence-electron chi connectivity index (χ4n) is 5.60. The normalized spacial score (nSPS) is 17.3. The number of likely N-dealkylation sites (tertiary alicyclic amines) is 2. The first kappa shape index (κ1) is 30.4. The molecule has 2 saturated heterocycles. The van der Waals surface area contributed by atoms with Crippen LogP contribution in [0.2, 0.25) is 0 Å². The topological polar surface area (TPSA) is 36.0 Å². The van der Waals surface area contributed by atoms with Crippen LogP contribution in [0.4, 0.5) is 4.39 Å². The smallest absolute Gasteiger partial charge is 0.227 e. The molecule has 0 unspecified atom stereocenters. The number of ether oxygens (including phenoxy) is 1. The molecule has 0 spiro atoms. The van der Waals surface area contributed by atoms with E-state index in [1.54, 1.807) is 12.1 Å². The van der Waals surface area contributed by atoms with Crippen LogP contribution in [0.1, 0.15) is 63.5 Å². The fourth-order valence-corrected chi connectivity index (χ4v) is 5.60. The van der Waals surface area contributed by atoms with Crippen LogP contribution in [0.25, 0.3) is 0 Å². The van der Waals surface area contributed by atoms with E-state index >= 15 is 0 Å². The van der Waals surface area contributed by atoms with Crippen molar-refractivity contribution in [3.8, 4) is 5.75 Å². The van der Waals surface area contributed by atoms with Crippen molar-refractivity contribution in [1.82, 2.24) is 14.7 Å². The van der Waals surface area contributed by atoms with E-state index in [1.807, 2.05) is 43.0 Å². The van der Waals surface area contributed by atoms with Crippen molar-refractivity contribution in [3.63, 3.8) is 0 Å². The van der Waals surface area contributed by atoms with Crippen LogP contribution in [0.15, 0.2) is 48.5 Å². The van der Waals surface area contributed by atoms with Crippen molar-refractivity contribution in [2.24, 2.45) is 0 Å². The number of hydrogen-bond donors (Lipinski definition) is 0. The Morgan fingerprint density at radius 2 is 1.47 bits per heavy atom. The van der Waals surface area contributed by atoms with Crippen molar-refractivity contribution in [1.29, 1.82) is 0 Å². The van der Waals surface area contributed by atoms with Gasteiger partial charge in [-0.3, -0.25) is 4.79 Å². The minimum atomic E-state index is -0.247. The van der Waals surface area contributed by atoms with Crippen molar-refractivity contribution >= 4 is 18.3 Å². The van der Waals surface area contributed by atoms with Gasteiger partial charge in [-0.2, -0.15) is 0 Å². The Kier molecular flexibility index (Phi) is 12.4. The number of hydrogen-bond acceptors (Lipinski definition) is 4. The first-order chi connectivity index (χ1) is 18.0. The maximum atomic E-state index is 13.6. The zero-order valence-electron chi connectivity index (χ0n) is 23.1. The van der Waals surface area contributed by atoms with Gasteiger partial charge in [0.25, 0.3) is 0 Å². The number of piperidine rings is 2. The quantitative estimate of drug-likeness (QED) is 0.350. The second-order valence-corrected chi connectivity index (χ2v) is 11.0. The lowest BCUT2D eigenvalue weighted by Crippen LogP contribution is -2.48. The third kappa shape index (κ3) is 9.55. The Balaban J connectivity index is 0.00000400. The van der Waals surface area contributed by atoms with E-state index in [1.165, 1.54) is 57.5 Å². The van der Waals surface area contributed by atoms with Crippen LogP contribution < -0.4 is 4.74 Å². The Hall–Kier alpha value is -2.15. The van der Waals surface area contributed by atoms with Crippen LogP contribution in [0, 0.1) is 5.82 Å². The van der Waals surface area contributed by atoms with Crippen molar-refractivity contribution < 1.29 is 13.9 Å². The predicted molar refractivity (Wildman–Crippen MR) is 154 cm³/mol. The molecule has 5 nitrogen and oxygen atoms in total. The Labute approximate surface area is 234 Å². The van der Waals surface area contributed by atoms with Gasteiger partial charge in [0, 0.05) is 25.7 Å². The molecular weight excluding hydrogens is 501 g/mol. The standard InChI is InChI=1S/C31H44FN3O2.ClH/c1-25(2)37-30-13-9-26(10-14-30)23-31(36)35(24-27-7-11-28(32)12-8-27)29-15-21-34(22-16-29)20-6-19-33-17-4-3-5-18-33;/h7-14,25,29H,3-6,15-24H2,1-2H3;1H. The van der Waals surface area contributed by atoms with E-state index in [9.17, 15) is 9.18 Å². The first-order valence-corrected chi connectivity index (χ1v) is 14.2. The van der Waals surface area contributed by atoms with E-state index in [0.29, 0.717) is 13.0 Å². The van der Waals surface area contributed by atoms with E-state index in [4.69, 9.17) is 4.74 Å². The Morgan fingerprint density at radius 3 is 2.08 bits per heavy atom. The summed E-state index contributed by atoms with van der Waals surface area (Å²) >= 11 is 0. The molecule has 0 saturated carbocycles. The maximum Gasteiger partial charge on any atom is 0.227 e. The third-order valence-corrected chi connectivity index (χ3v) is 7.63. The SMILES string of the molecule is CC(C)Oc1ccc(CC(=O)N(Cc2ccc(F)cc2)C2CCN(CCCN3CCCCC3)CC2)cc1.Cl. The monoisotopic (exact) mass is 545 g/mol. The lowest BCUT2D eigenvalue weighted by molar-refractivity contribution is -0.134. The Bertz CT molecular complexity index is 956. The number of rotatable bonds is 11. The number of nitrogens with zero attached hydrogens (tertiary/aromatic N) is 3. The molecule has 0 bridgehead atoms. The third-order valence-electron chi connectivity index (χ3n) is 7.63. The lowest BCUT2D eigenvalue weighted by atomic mass is 10.0. The van der Waals surface area contributed by atoms with Crippen LogP contribution in [-0.4, -0.2) is 72.0 Å². The van der Waals surface area contributed by atoms with Crippen molar-refractivity contribution in [2.45, 2.75) is 77.5 Å². The molecule has 2 aliphatic heterocycles. The Morgan fingerprint density at radius 1 is 0.895 bits per heavy atom. The molecule has 0 atom stereocenters. The summed E-state index contributed by atoms with van der Waals surface area (Å²) in [6.45, 7) is 11.4. The van der Waals surface area contributed by atoms with Gasteiger partial charge in [0.2, 0.25) is 5.91 Å². The largest absolute Gasteiger partial charge is 0.491 e. The molecule has 7 heteroatoms. The highest BCUT2D eigenvalue weighted by Crippen LogP contribution is 2.22. The van der Waals surface area contributed by atoms with Gasteiger partial charge in [-0.25, -0.2) is 4.39 Å². The summed E-state index contributed by atoms with van der Waals surface area (Å²) < 4.78 is 19.2. The van der Waals surface area contributed by atoms with Gasteiger partial charge in [0.1, 0.15) is 11.6 Å². The second kappa shape index (κ2) is 15.4. The zero-order chi connectivity index (χ0) is 26.0. The highest BCUT2D eigenvalue weighted by Gasteiger charge is 2.28. The molecular formula is C31H45ClFN3O2. The summed E-state index contributed by atoms with van der Waals surface area (Å²) in [5.41, 5.74) is 1.96. The zero-order valence-corrected chi connectivity index (χ0v) is 23.9. The summed E-state index contributed by atoms with van der Waals surface area (Å²) in [4.78, 5) is 20.8.